The molecule has 24 heavy (non-hydrogen) atoms. The van der Waals surface area contributed by atoms with Gasteiger partial charge in [0.05, 0.1) is 0 Å². The fourth-order valence-corrected chi connectivity index (χ4v) is 2.75. The molecule has 0 radical (unpaired) electrons. The average molecular weight is 334 g/mol. The van der Waals surface area contributed by atoms with Gasteiger partial charge < -0.3 is 10.1 Å². The Kier molecular flexibility index (Phi) is 12.9. The average Bonchev–Trinajstić information content (AvgIpc) is 2.62. The van der Waals surface area contributed by atoms with E-state index >= 15 is 0 Å². The van der Waals surface area contributed by atoms with Gasteiger partial charge in [-0.25, -0.2) is 4.79 Å². The normalized spacial score (nSPS) is 10.5. The number of hydrogen-bond donors (Lipinski definition) is 1. The molecule has 1 aromatic carbocycles. The zero-order valence-electron chi connectivity index (χ0n) is 15.4. The summed E-state index contributed by atoms with van der Waals surface area (Å²) >= 11 is 0. The Labute approximate surface area is 148 Å². The van der Waals surface area contributed by atoms with Crippen LogP contribution >= 0.6 is 0 Å². The number of carbonyl (C=O) groups excluding carboxylic acids is 1. The van der Waals surface area contributed by atoms with E-state index in [-0.39, 0.29) is 6.09 Å². The van der Waals surface area contributed by atoms with Crippen LogP contribution in [0.4, 0.5) is 4.79 Å². The Morgan fingerprint density at radius 3 is 1.96 bits per heavy atom. The number of hydrogen-bond acceptors (Lipinski definition) is 2. The summed E-state index contributed by atoms with van der Waals surface area (Å²) in [5.41, 5.74) is 1.02. The second-order valence-electron chi connectivity index (χ2n) is 6.52. The maximum absolute atomic E-state index is 11.6. The monoisotopic (exact) mass is 333 g/mol. The third-order valence-electron chi connectivity index (χ3n) is 4.26. The van der Waals surface area contributed by atoms with E-state index in [1.807, 2.05) is 30.3 Å². The molecule has 0 aliphatic heterocycles. The summed E-state index contributed by atoms with van der Waals surface area (Å²) in [5.74, 6) is 0. The van der Waals surface area contributed by atoms with Crippen LogP contribution in [0.3, 0.4) is 0 Å². The van der Waals surface area contributed by atoms with Gasteiger partial charge in [-0.05, 0) is 12.0 Å². The smallest absolute Gasteiger partial charge is 0.407 e. The first-order valence-corrected chi connectivity index (χ1v) is 9.77. The Morgan fingerprint density at radius 1 is 0.833 bits per heavy atom. The van der Waals surface area contributed by atoms with E-state index in [0.717, 1.165) is 12.0 Å². The molecule has 1 amide bonds. The van der Waals surface area contributed by atoms with Crippen LogP contribution in [0.2, 0.25) is 0 Å². The van der Waals surface area contributed by atoms with Crippen LogP contribution in [-0.2, 0) is 11.3 Å². The summed E-state index contributed by atoms with van der Waals surface area (Å²) in [4.78, 5) is 11.6. The first kappa shape index (κ1) is 20.5. The van der Waals surface area contributed by atoms with Crippen molar-refractivity contribution in [3.05, 3.63) is 35.9 Å². The number of ether oxygens (including phenoxy) is 1. The first-order valence-electron chi connectivity index (χ1n) is 9.77. The number of nitrogens with one attached hydrogen (secondary N) is 1. The SMILES string of the molecule is CCCCCCCCCCCCCNC(=O)OCc1ccccc1. The van der Waals surface area contributed by atoms with Gasteiger partial charge in [0.15, 0.2) is 0 Å². The predicted molar refractivity (Wildman–Crippen MR) is 101 cm³/mol. The van der Waals surface area contributed by atoms with Crippen LogP contribution in [0.25, 0.3) is 0 Å². The molecule has 0 fully saturated rings. The largest absolute Gasteiger partial charge is 0.445 e. The van der Waals surface area contributed by atoms with Gasteiger partial charge in [0, 0.05) is 6.54 Å². The number of alkyl carbamates (subject to hydrolysis) is 1. The highest BCUT2D eigenvalue weighted by Crippen LogP contribution is 2.11. The van der Waals surface area contributed by atoms with Gasteiger partial charge in [0.2, 0.25) is 0 Å². The molecule has 1 rings (SSSR count). The summed E-state index contributed by atoms with van der Waals surface area (Å²) in [6.45, 7) is 3.31. The summed E-state index contributed by atoms with van der Waals surface area (Å²) in [6, 6.07) is 9.76. The molecular weight excluding hydrogens is 298 g/mol. The number of amides is 1. The molecule has 1 N–H and O–H groups in total. The fourth-order valence-electron chi connectivity index (χ4n) is 2.75. The van der Waals surface area contributed by atoms with Crippen molar-refractivity contribution in [2.45, 2.75) is 84.2 Å². The van der Waals surface area contributed by atoms with E-state index in [1.54, 1.807) is 0 Å². The molecule has 0 aromatic heterocycles. The third-order valence-corrected chi connectivity index (χ3v) is 4.26. The molecule has 0 saturated carbocycles. The van der Waals surface area contributed by atoms with Crippen molar-refractivity contribution in [1.82, 2.24) is 5.32 Å². The van der Waals surface area contributed by atoms with Gasteiger partial charge in [0.1, 0.15) is 6.61 Å². The lowest BCUT2D eigenvalue weighted by atomic mass is 10.1. The summed E-state index contributed by atoms with van der Waals surface area (Å²) < 4.78 is 5.18. The van der Waals surface area contributed by atoms with Gasteiger partial charge in [-0.1, -0.05) is 101 Å². The van der Waals surface area contributed by atoms with Crippen LogP contribution in [0, 0.1) is 0 Å². The van der Waals surface area contributed by atoms with E-state index in [4.69, 9.17) is 4.74 Å². The summed E-state index contributed by atoms with van der Waals surface area (Å²) in [5, 5.41) is 2.82. The van der Waals surface area contributed by atoms with Gasteiger partial charge in [0.25, 0.3) is 0 Å². The molecule has 0 heterocycles. The van der Waals surface area contributed by atoms with Crippen molar-refractivity contribution < 1.29 is 9.53 Å². The minimum absolute atomic E-state index is 0.314. The predicted octanol–water partition coefficient (Wildman–Crippen LogP) is 6.22. The first-order chi connectivity index (χ1) is 11.8. The Bertz CT molecular complexity index is 406. The zero-order chi connectivity index (χ0) is 17.3. The molecule has 0 aliphatic carbocycles. The second-order valence-corrected chi connectivity index (χ2v) is 6.52. The lowest BCUT2D eigenvalue weighted by Crippen LogP contribution is -2.25. The maximum Gasteiger partial charge on any atom is 0.407 e. The summed E-state index contributed by atoms with van der Waals surface area (Å²) in [6.07, 6.45) is 14.2. The van der Waals surface area contributed by atoms with Gasteiger partial charge in [-0.15, -0.1) is 0 Å². The summed E-state index contributed by atoms with van der Waals surface area (Å²) in [7, 11) is 0. The molecule has 0 atom stereocenters. The van der Waals surface area contributed by atoms with Crippen LogP contribution < -0.4 is 5.32 Å². The molecule has 0 bridgehead atoms. The Morgan fingerprint density at radius 2 is 1.38 bits per heavy atom. The highest BCUT2D eigenvalue weighted by molar-refractivity contribution is 5.67. The molecular formula is C21H35NO2. The minimum atomic E-state index is -0.314. The van der Waals surface area contributed by atoms with E-state index < -0.39 is 0 Å². The minimum Gasteiger partial charge on any atom is -0.445 e. The molecule has 136 valence electrons. The van der Waals surface area contributed by atoms with Crippen LogP contribution in [0.1, 0.15) is 83.1 Å². The lowest BCUT2D eigenvalue weighted by Gasteiger charge is -2.07. The van der Waals surface area contributed by atoms with Crippen LogP contribution in [0.5, 0.6) is 0 Å². The lowest BCUT2D eigenvalue weighted by molar-refractivity contribution is 0.139. The Balaban J connectivity index is 1.82. The van der Waals surface area contributed by atoms with Gasteiger partial charge in [-0.2, -0.15) is 0 Å². The number of rotatable bonds is 14. The highest BCUT2D eigenvalue weighted by Gasteiger charge is 2.01. The number of carbonyl (C=O) groups is 1. The number of unbranched alkanes of at least 4 members (excludes halogenated alkanes) is 10. The van der Waals surface area contributed by atoms with Crippen molar-refractivity contribution in [3.8, 4) is 0 Å². The maximum atomic E-state index is 11.6. The zero-order valence-corrected chi connectivity index (χ0v) is 15.4. The fraction of sp³-hybridized carbons (Fsp3) is 0.667. The molecule has 0 aliphatic rings. The molecule has 3 nitrogen and oxygen atoms in total. The van der Waals surface area contributed by atoms with E-state index in [9.17, 15) is 4.79 Å². The highest BCUT2D eigenvalue weighted by atomic mass is 16.5. The second kappa shape index (κ2) is 15.0. The van der Waals surface area contributed by atoms with Crippen molar-refractivity contribution in [1.29, 1.82) is 0 Å². The van der Waals surface area contributed by atoms with Crippen molar-refractivity contribution >= 4 is 6.09 Å². The topological polar surface area (TPSA) is 38.3 Å². The van der Waals surface area contributed by atoms with E-state index in [0.29, 0.717) is 13.2 Å². The van der Waals surface area contributed by atoms with Crippen LogP contribution in [0.15, 0.2) is 30.3 Å². The van der Waals surface area contributed by atoms with Gasteiger partial charge in [-0.3, -0.25) is 0 Å². The van der Waals surface area contributed by atoms with Crippen molar-refractivity contribution in [2.24, 2.45) is 0 Å². The molecule has 0 saturated heterocycles. The van der Waals surface area contributed by atoms with Gasteiger partial charge >= 0.3 is 6.09 Å². The van der Waals surface area contributed by atoms with Crippen molar-refractivity contribution in [2.75, 3.05) is 6.54 Å². The molecule has 1 aromatic rings. The Hall–Kier alpha value is -1.51. The molecule has 0 spiro atoms. The van der Waals surface area contributed by atoms with E-state index in [1.165, 1.54) is 64.2 Å². The number of benzene rings is 1. The quantitative estimate of drug-likeness (QED) is 0.410. The van der Waals surface area contributed by atoms with Crippen LogP contribution in [-0.4, -0.2) is 12.6 Å². The standard InChI is InChI=1S/C21H35NO2/c1-2-3-4-5-6-7-8-9-10-11-15-18-22-21(23)24-19-20-16-13-12-14-17-20/h12-14,16-17H,2-11,15,18-19H2,1H3,(H,22,23). The van der Waals surface area contributed by atoms with Crippen molar-refractivity contribution in [3.63, 3.8) is 0 Å². The molecule has 3 heteroatoms. The third kappa shape index (κ3) is 12.0. The molecule has 0 unspecified atom stereocenters. The van der Waals surface area contributed by atoms with E-state index in [2.05, 4.69) is 12.2 Å².